The maximum absolute atomic E-state index is 12.1. The smallest absolute Gasteiger partial charge is 0.164 e. The van der Waals surface area contributed by atoms with Gasteiger partial charge in [-0.2, -0.15) is 5.10 Å². The molecule has 21 heavy (non-hydrogen) atoms. The van der Waals surface area contributed by atoms with Gasteiger partial charge in [0.15, 0.2) is 5.78 Å². The van der Waals surface area contributed by atoms with Gasteiger partial charge < -0.3 is 0 Å². The number of hydrogen-bond donors (Lipinski definition) is 1. The second-order valence-electron chi connectivity index (χ2n) is 5.11. The van der Waals surface area contributed by atoms with Crippen LogP contribution >= 0.6 is 0 Å². The summed E-state index contributed by atoms with van der Waals surface area (Å²) in [7, 11) is 0. The molecule has 0 saturated heterocycles. The maximum atomic E-state index is 12.1. The SMILES string of the molecule is CC(=O)c1c(-c2cccc(C)c2)n[nH]c1-c1ccccc1. The largest absolute Gasteiger partial charge is 0.294 e. The lowest BCUT2D eigenvalue weighted by atomic mass is 9.98. The van der Waals surface area contributed by atoms with E-state index in [0.29, 0.717) is 11.3 Å². The van der Waals surface area contributed by atoms with Gasteiger partial charge in [-0.05, 0) is 19.9 Å². The molecule has 1 heterocycles. The number of benzene rings is 2. The standard InChI is InChI=1S/C18H16N2O/c1-12-7-6-10-15(11-12)18-16(13(2)21)17(19-20-18)14-8-4-3-5-9-14/h3-11H,1-2H3,(H,19,20). The molecule has 3 aromatic rings. The van der Waals surface area contributed by atoms with Gasteiger partial charge >= 0.3 is 0 Å². The molecule has 0 radical (unpaired) electrons. The highest BCUT2D eigenvalue weighted by atomic mass is 16.1. The van der Waals surface area contributed by atoms with Crippen molar-refractivity contribution in [3.05, 3.63) is 65.7 Å². The molecule has 3 rings (SSSR count). The lowest BCUT2D eigenvalue weighted by Crippen LogP contribution is -1.96. The van der Waals surface area contributed by atoms with Gasteiger partial charge in [0.25, 0.3) is 0 Å². The summed E-state index contributed by atoms with van der Waals surface area (Å²) in [5, 5.41) is 7.40. The van der Waals surface area contributed by atoms with E-state index >= 15 is 0 Å². The van der Waals surface area contributed by atoms with Crippen molar-refractivity contribution < 1.29 is 4.79 Å². The topological polar surface area (TPSA) is 45.8 Å². The second kappa shape index (κ2) is 5.37. The predicted octanol–water partition coefficient (Wildman–Crippen LogP) is 4.25. The van der Waals surface area contributed by atoms with Crippen molar-refractivity contribution in [3.8, 4) is 22.5 Å². The van der Waals surface area contributed by atoms with Crippen molar-refractivity contribution in [1.29, 1.82) is 0 Å². The molecule has 0 spiro atoms. The highest BCUT2D eigenvalue weighted by molar-refractivity contribution is 6.05. The summed E-state index contributed by atoms with van der Waals surface area (Å²) in [5.41, 5.74) is 5.20. The normalized spacial score (nSPS) is 10.6. The number of ketones is 1. The highest BCUT2D eigenvalue weighted by Crippen LogP contribution is 2.30. The van der Waals surface area contributed by atoms with Crippen LogP contribution in [0.4, 0.5) is 0 Å². The van der Waals surface area contributed by atoms with E-state index in [1.807, 2.05) is 61.5 Å². The summed E-state index contributed by atoms with van der Waals surface area (Å²) >= 11 is 0. The first-order valence-corrected chi connectivity index (χ1v) is 6.88. The molecule has 0 aliphatic rings. The van der Waals surface area contributed by atoms with E-state index in [1.54, 1.807) is 6.92 Å². The van der Waals surface area contributed by atoms with E-state index < -0.39 is 0 Å². The summed E-state index contributed by atoms with van der Waals surface area (Å²) < 4.78 is 0. The van der Waals surface area contributed by atoms with Gasteiger partial charge in [-0.1, -0.05) is 54.1 Å². The zero-order valence-corrected chi connectivity index (χ0v) is 12.1. The fourth-order valence-corrected chi connectivity index (χ4v) is 2.50. The van der Waals surface area contributed by atoms with Crippen LogP contribution in [0.3, 0.4) is 0 Å². The third kappa shape index (κ3) is 2.50. The zero-order valence-electron chi connectivity index (χ0n) is 12.1. The van der Waals surface area contributed by atoms with Gasteiger partial charge in [0.05, 0.1) is 11.3 Å². The number of carbonyl (C=O) groups excluding carboxylic acids is 1. The monoisotopic (exact) mass is 276 g/mol. The van der Waals surface area contributed by atoms with E-state index in [4.69, 9.17) is 0 Å². The van der Waals surface area contributed by atoms with Gasteiger partial charge in [0, 0.05) is 11.1 Å². The van der Waals surface area contributed by atoms with Crippen LogP contribution in [-0.2, 0) is 0 Å². The third-order valence-corrected chi connectivity index (χ3v) is 3.47. The molecule has 3 nitrogen and oxygen atoms in total. The Morgan fingerprint density at radius 1 is 1.00 bits per heavy atom. The van der Waals surface area contributed by atoms with Gasteiger partial charge in [-0.15, -0.1) is 0 Å². The predicted molar refractivity (Wildman–Crippen MR) is 84.2 cm³/mol. The molecule has 0 amide bonds. The van der Waals surface area contributed by atoms with Crippen LogP contribution in [-0.4, -0.2) is 16.0 Å². The van der Waals surface area contributed by atoms with Gasteiger partial charge in [0.2, 0.25) is 0 Å². The number of aryl methyl sites for hydroxylation is 1. The van der Waals surface area contributed by atoms with Crippen LogP contribution in [0.15, 0.2) is 54.6 Å². The number of nitrogens with zero attached hydrogens (tertiary/aromatic N) is 1. The molecule has 1 aromatic heterocycles. The van der Waals surface area contributed by atoms with Crippen LogP contribution in [0.2, 0.25) is 0 Å². The maximum Gasteiger partial charge on any atom is 0.164 e. The van der Waals surface area contributed by atoms with Gasteiger partial charge in [-0.25, -0.2) is 0 Å². The van der Waals surface area contributed by atoms with Crippen molar-refractivity contribution in [2.45, 2.75) is 13.8 Å². The molecular weight excluding hydrogens is 260 g/mol. The number of carbonyl (C=O) groups is 1. The van der Waals surface area contributed by atoms with Gasteiger partial charge in [0.1, 0.15) is 5.69 Å². The number of rotatable bonds is 3. The van der Waals surface area contributed by atoms with E-state index in [2.05, 4.69) is 10.2 Å². The van der Waals surface area contributed by atoms with Gasteiger partial charge in [-0.3, -0.25) is 9.89 Å². The van der Waals surface area contributed by atoms with Crippen LogP contribution in [0.25, 0.3) is 22.5 Å². The van der Waals surface area contributed by atoms with Crippen molar-refractivity contribution >= 4 is 5.78 Å². The molecule has 0 aliphatic heterocycles. The number of aromatic amines is 1. The molecule has 0 saturated carbocycles. The Balaban J connectivity index is 2.20. The molecular formula is C18H16N2O. The minimum Gasteiger partial charge on any atom is -0.294 e. The Morgan fingerprint density at radius 2 is 1.71 bits per heavy atom. The summed E-state index contributed by atoms with van der Waals surface area (Å²) in [6.07, 6.45) is 0. The molecule has 3 heteroatoms. The molecule has 0 aliphatic carbocycles. The Kier molecular flexibility index (Phi) is 3.40. The quantitative estimate of drug-likeness (QED) is 0.727. The lowest BCUT2D eigenvalue weighted by molar-refractivity contribution is 0.101. The van der Waals surface area contributed by atoms with Crippen LogP contribution in [0, 0.1) is 6.92 Å². The Labute approximate surface area is 123 Å². The summed E-state index contributed by atoms with van der Waals surface area (Å²) in [4.78, 5) is 12.1. The van der Waals surface area contributed by atoms with Crippen molar-refractivity contribution in [3.63, 3.8) is 0 Å². The summed E-state index contributed by atoms with van der Waals surface area (Å²) in [6, 6.07) is 17.8. The van der Waals surface area contributed by atoms with Crippen LogP contribution in [0.5, 0.6) is 0 Å². The fourth-order valence-electron chi connectivity index (χ4n) is 2.50. The van der Waals surface area contributed by atoms with Crippen molar-refractivity contribution in [2.75, 3.05) is 0 Å². The first-order chi connectivity index (χ1) is 10.2. The van der Waals surface area contributed by atoms with E-state index in [9.17, 15) is 4.79 Å². The summed E-state index contributed by atoms with van der Waals surface area (Å²) in [6.45, 7) is 3.61. The first-order valence-electron chi connectivity index (χ1n) is 6.88. The minimum atomic E-state index is 0.0131. The number of H-pyrrole nitrogens is 1. The Morgan fingerprint density at radius 3 is 2.38 bits per heavy atom. The van der Waals surface area contributed by atoms with Crippen LogP contribution < -0.4 is 0 Å². The highest BCUT2D eigenvalue weighted by Gasteiger charge is 2.19. The van der Waals surface area contributed by atoms with E-state index in [0.717, 1.165) is 22.4 Å². The first kappa shape index (κ1) is 13.3. The second-order valence-corrected chi connectivity index (χ2v) is 5.11. The Bertz CT molecular complexity index is 788. The minimum absolute atomic E-state index is 0.0131. The van der Waals surface area contributed by atoms with E-state index in [-0.39, 0.29) is 5.78 Å². The third-order valence-electron chi connectivity index (χ3n) is 3.47. The molecule has 2 aromatic carbocycles. The number of Topliss-reactive ketones (excluding diaryl/α,β-unsaturated/α-hetero) is 1. The molecule has 1 N–H and O–H groups in total. The van der Waals surface area contributed by atoms with Crippen molar-refractivity contribution in [2.24, 2.45) is 0 Å². The van der Waals surface area contributed by atoms with Crippen molar-refractivity contribution in [1.82, 2.24) is 10.2 Å². The molecule has 0 fully saturated rings. The molecule has 0 atom stereocenters. The average Bonchev–Trinajstić information content (AvgIpc) is 2.93. The fraction of sp³-hybridized carbons (Fsp3) is 0.111. The Hall–Kier alpha value is -2.68. The van der Waals surface area contributed by atoms with Crippen LogP contribution in [0.1, 0.15) is 22.8 Å². The molecule has 0 bridgehead atoms. The number of hydrogen-bond acceptors (Lipinski definition) is 2. The van der Waals surface area contributed by atoms with E-state index in [1.165, 1.54) is 0 Å². The molecule has 104 valence electrons. The average molecular weight is 276 g/mol. The summed E-state index contributed by atoms with van der Waals surface area (Å²) in [5.74, 6) is 0.0131. The lowest BCUT2D eigenvalue weighted by Gasteiger charge is -2.04. The zero-order chi connectivity index (χ0) is 14.8. The number of nitrogens with one attached hydrogen (secondary N) is 1. The molecule has 0 unspecified atom stereocenters. The number of aromatic nitrogens is 2.